The molecule has 0 fully saturated rings. The Balaban J connectivity index is 3.59. The van der Waals surface area contributed by atoms with Crippen molar-refractivity contribution in [3.8, 4) is 0 Å². The molecule has 2 nitrogen and oxygen atoms in total. The summed E-state index contributed by atoms with van der Waals surface area (Å²) in [4.78, 5) is 2.41. The SMILES string of the molecule is CCC(O)CCCN(C)C(C)CC(C)C. The highest BCUT2D eigenvalue weighted by Gasteiger charge is 2.11. The van der Waals surface area contributed by atoms with Crippen LogP contribution < -0.4 is 0 Å². The van der Waals surface area contributed by atoms with Crippen LogP contribution in [0.15, 0.2) is 0 Å². The third-order valence-electron chi connectivity index (χ3n) is 3.08. The second-order valence-electron chi connectivity index (χ2n) is 5.16. The molecule has 0 saturated carbocycles. The molecule has 0 aliphatic carbocycles. The molecule has 1 N–H and O–H groups in total. The highest BCUT2D eigenvalue weighted by molar-refractivity contribution is 4.66. The van der Waals surface area contributed by atoms with Gasteiger partial charge in [-0.1, -0.05) is 20.8 Å². The van der Waals surface area contributed by atoms with Gasteiger partial charge in [0.05, 0.1) is 6.10 Å². The van der Waals surface area contributed by atoms with Crippen LogP contribution >= 0.6 is 0 Å². The normalized spacial score (nSPS) is 16.0. The van der Waals surface area contributed by atoms with Crippen LogP contribution in [-0.4, -0.2) is 35.7 Å². The van der Waals surface area contributed by atoms with E-state index >= 15 is 0 Å². The summed E-state index contributed by atoms with van der Waals surface area (Å²) in [6, 6.07) is 0.656. The molecule has 0 heterocycles. The highest BCUT2D eigenvalue weighted by Crippen LogP contribution is 2.11. The molecule has 0 rings (SSSR count). The van der Waals surface area contributed by atoms with Gasteiger partial charge < -0.3 is 10.0 Å². The molecule has 0 bridgehead atoms. The molecule has 92 valence electrons. The summed E-state index contributed by atoms with van der Waals surface area (Å²) in [6.45, 7) is 9.97. The summed E-state index contributed by atoms with van der Waals surface area (Å²) in [5.41, 5.74) is 0. The van der Waals surface area contributed by atoms with E-state index in [1.54, 1.807) is 0 Å². The summed E-state index contributed by atoms with van der Waals surface area (Å²) in [6.07, 6.45) is 4.08. The van der Waals surface area contributed by atoms with Crippen molar-refractivity contribution in [2.75, 3.05) is 13.6 Å². The third kappa shape index (κ3) is 7.80. The maximum atomic E-state index is 9.44. The van der Waals surface area contributed by atoms with E-state index in [4.69, 9.17) is 0 Å². The van der Waals surface area contributed by atoms with Gasteiger partial charge in [-0.15, -0.1) is 0 Å². The van der Waals surface area contributed by atoms with Crippen LogP contribution in [0.2, 0.25) is 0 Å². The third-order valence-corrected chi connectivity index (χ3v) is 3.08. The second-order valence-corrected chi connectivity index (χ2v) is 5.16. The minimum absolute atomic E-state index is 0.0983. The smallest absolute Gasteiger partial charge is 0.0538 e. The predicted molar refractivity (Wildman–Crippen MR) is 67.1 cm³/mol. The first-order valence-electron chi connectivity index (χ1n) is 6.35. The predicted octanol–water partition coefficient (Wildman–Crippen LogP) is 2.90. The molecule has 0 aromatic heterocycles. The van der Waals surface area contributed by atoms with Crippen LogP contribution in [0.3, 0.4) is 0 Å². The lowest BCUT2D eigenvalue weighted by Crippen LogP contribution is -2.31. The number of rotatable bonds is 8. The summed E-state index contributed by atoms with van der Waals surface area (Å²) >= 11 is 0. The molecule has 0 spiro atoms. The zero-order valence-corrected chi connectivity index (χ0v) is 11.2. The van der Waals surface area contributed by atoms with Gasteiger partial charge in [-0.2, -0.15) is 0 Å². The molecule has 0 aromatic carbocycles. The molecular formula is C13H29NO. The zero-order valence-electron chi connectivity index (χ0n) is 11.2. The number of hydrogen-bond acceptors (Lipinski definition) is 2. The van der Waals surface area contributed by atoms with Gasteiger partial charge in [0.15, 0.2) is 0 Å². The number of nitrogens with zero attached hydrogens (tertiary/aromatic N) is 1. The van der Waals surface area contributed by atoms with Crippen molar-refractivity contribution in [2.45, 2.75) is 65.5 Å². The van der Waals surface area contributed by atoms with E-state index in [1.165, 1.54) is 6.42 Å². The minimum atomic E-state index is -0.0983. The van der Waals surface area contributed by atoms with Crippen LogP contribution in [-0.2, 0) is 0 Å². The molecule has 0 aromatic rings. The highest BCUT2D eigenvalue weighted by atomic mass is 16.3. The van der Waals surface area contributed by atoms with E-state index in [2.05, 4.69) is 32.7 Å². The van der Waals surface area contributed by atoms with Crippen LogP contribution in [0.1, 0.15) is 53.4 Å². The Morgan fingerprint density at radius 2 is 1.80 bits per heavy atom. The van der Waals surface area contributed by atoms with Crippen molar-refractivity contribution < 1.29 is 5.11 Å². The van der Waals surface area contributed by atoms with E-state index in [0.29, 0.717) is 6.04 Å². The van der Waals surface area contributed by atoms with Gasteiger partial charge >= 0.3 is 0 Å². The van der Waals surface area contributed by atoms with E-state index in [1.807, 2.05) is 6.92 Å². The molecular weight excluding hydrogens is 186 g/mol. The first-order chi connectivity index (χ1) is 6.97. The average molecular weight is 215 g/mol. The van der Waals surface area contributed by atoms with Crippen LogP contribution in [0.25, 0.3) is 0 Å². The monoisotopic (exact) mass is 215 g/mol. The molecule has 2 heteroatoms. The lowest BCUT2D eigenvalue weighted by atomic mass is 10.0. The topological polar surface area (TPSA) is 23.5 Å². The van der Waals surface area contributed by atoms with E-state index < -0.39 is 0 Å². The fraction of sp³-hybridized carbons (Fsp3) is 1.00. The van der Waals surface area contributed by atoms with E-state index in [-0.39, 0.29) is 6.10 Å². The standard InChI is InChI=1S/C13H29NO/c1-6-13(15)8-7-9-14(5)12(4)10-11(2)3/h11-13,15H,6-10H2,1-5H3. The molecule has 0 saturated heterocycles. The molecule has 0 aliphatic rings. The van der Waals surface area contributed by atoms with Crippen molar-refractivity contribution in [1.82, 2.24) is 4.90 Å². The Hall–Kier alpha value is -0.0800. The van der Waals surface area contributed by atoms with Crippen molar-refractivity contribution in [3.05, 3.63) is 0 Å². The van der Waals surface area contributed by atoms with E-state index in [9.17, 15) is 5.11 Å². The Bertz CT molecular complexity index is 147. The van der Waals surface area contributed by atoms with Gasteiger partial charge in [0, 0.05) is 6.04 Å². The summed E-state index contributed by atoms with van der Waals surface area (Å²) in [5, 5.41) is 9.44. The lowest BCUT2D eigenvalue weighted by Gasteiger charge is -2.26. The average Bonchev–Trinajstić information content (AvgIpc) is 2.16. The fourth-order valence-electron chi connectivity index (χ4n) is 1.86. The van der Waals surface area contributed by atoms with Crippen LogP contribution in [0.5, 0.6) is 0 Å². The molecule has 2 unspecified atom stereocenters. The van der Waals surface area contributed by atoms with E-state index in [0.717, 1.165) is 31.7 Å². The van der Waals surface area contributed by atoms with Crippen LogP contribution in [0, 0.1) is 5.92 Å². The van der Waals surface area contributed by atoms with Crippen LogP contribution in [0.4, 0.5) is 0 Å². The quantitative estimate of drug-likeness (QED) is 0.673. The number of aliphatic hydroxyl groups excluding tert-OH is 1. The van der Waals surface area contributed by atoms with Crippen molar-refractivity contribution in [2.24, 2.45) is 5.92 Å². The minimum Gasteiger partial charge on any atom is -0.393 e. The molecule has 2 atom stereocenters. The largest absolute Gasteiger partial charge is 0.393 e. The Morgan fingerprint density at radius 3 is 2.27 bits per heavy atom. The Labute approximate surface area is 95.7 Å². The van der Waals surface area contributed by atoms with Crippen molar-refractivity contribution in [1.29, 1.82) is 0 Å². The summed E-state index contributed by atoms with van der Waals surface area (Å²) in [5.74, 6) is 0.767. The molecule has 15 heavy (non-hydrogen) atoms. The number of hydrogen-bond donors (Lipinski definition) is 1. The zero-order chi connectivity index (χ0) is 11.8. The maximum absolute atomic E-state index is 9.44. The van der Waals surface area contributed by atoms with Gasteiger partial charge in [-0.25, -0.2) is 0 Å². The van der Waals surface area contributed by atoms with Gasteiger partial charge in [-0.3, -0.25) is 0 Å². The lowest BCUT2D eigenvalue weighted by molar-refractivity contribution is 0.145. The van der Waals surface area contributed by atoms with Gasteiger partial charge in [0.2, 0.25) is 0 Å². The first kappa shape index (κ1) is 14.9. The maximum Gasteiger partial charge on any atom is 0.0538 e. The summed E-state index contributed by atoms with van der Waals surface area (Å²) < 4.78 is 0. The van der Waals surface area contributed by atoms with Crippen molar-refractivity contribution >= 4 is 0 Å². The second kappa shape index (κ2) is 8.12. The van der Waals surface area contributed by atoms with Crippen molar-refractivity contribution in [3.63, 3.8) is 0 Å². The first-order valence-corrected chi connectivity index (χ1v) is 6.35. The Kier molecular flexibility index (Phi) is 8.07. The summed E-state index contributed by atoms with van der Waals surface area (Å²) in [7, 11) is 2.19. The van der Waals surface area contributed by atoms with Gasteiger partial charge in [0.1, 0.15) is 0 Å². The van der Waals surface area contributed by atoms with Gasteiger partial charge in [-0.05, 0) is 52.1 Å². The molecule has 0 radical (unpaired) electrons. The Morgan fingerprint density at radius 1 is 1.20 bits per heavy atom. The molecule has 0 aliphatic heterocycles. The number of aliphatic hydroxyl groups is 1. The van der Waals surface area contributed by atoms with Gasteiger partial charge in [0.25, 0.3) is 0 Å². The fourth-order valence-corrected chi connectivity index (χ4v) is 1.86. The molecule has 0 amide bonds.